The predicted molar refractivity (Wildman–Crippen MR) is 109 cm³/mol. The van der Waals surface area contributed by atoms with Crippen molar-refractivity contribution in [3.8, 4) is 0 Å². The number of nitrogens with two attached hydrogens (primary N) is 1. The molecule has 29 heavy (non-hydrogen) atoms. The monoisotopic (exact) mass is 385 g/mol. The highest BCUT2D eigenvalue weighted by molar-refractivity contribution is 5.98. The van der Waals surface area contributed by atoms with E-state index in [-0.39, 0.29) is 5.56 Å². The molecule has 6 N–H and O–H groups in total. The van der Waals surface area contributed by atoms with Gasteiger partial charge in [-0.2, -0.15) is 15.2 Å². The largest absolute Gasteiger partial charge is 0.365 e. The van der Waals surface area contributed by atoms with Crippen LogP contribution in [0.1, 0.15) is 10.4 Å². The average Bonchev–Trinajstić information content (AvgIpc) is 3.37. The van der Waals surface area contributed by atoms with Gasteiger partial charge in [0, 0.05) is 22.7 Å². The van der Waals surface area contributed by atoms with Gasteiger partial charge in [0.2, 0.25) is 5.95 Å². The van der Waals surface area contributed by atoms with E-state index >= 15 is 0 Å². The summed E-state index contributed by atoms with van der Waals surface area (Å²) in [7, 11) is 0. The summed E-state index contributed by atoms with van der Waals surface area (Å²) in [5.41, 5.74) is 8.93. The zero-order chi connectivity index (χ0) is 19.8. The summed E-state index contributed by atoms with van der Waals surface area (Å²) in [6.45, 7) is 0. The molecule has 0 aliphatic heterocycles. The Kier molecular flexibility index (Phi) is 3.80. The average molecular weight is 385 g/mol. The van der Waals surface area contributed by atoms with E-state index in [0.29, 0.717) is 11.8 Å². The van der Waals surface area contributed by atoms with Gasteiger partial charge in [-0.1, -0.05) is 6.07 Å². The molecular weight excluding hydrogens is 370 g/mol. The highest BCUT2D eigenvalue weighted by atomic mass is 16.1. The first-order valence-electron chi connectivity index (χ1n) is 8.73. The molecule has 0 aliphatic carbocycles. The molecule has 5 rings (SSSR count). The number of amides is 1. The highest BCUT2D eigenvalue weighted by Gasteiger charge is 2.14. The number of nitrogens with one attached hydrogen (secondary N) is 4. The Hall–Kier alpha value is -4.47. The molecule has 0 saturated heterocycles. The summed E-state index contributed by atoms with van der Waals surface area (Å²) >= 11 is 0. The molecule has 0 atom stereocenters. The van der Waals surface area contributed by atoms with Crippen LogP contribution >= 0.6 is 0 Å². The zero-order valence-electron chi connectivity index (χ0n) is 15.0. The van der Waals surface area contributed by atoms with Crippen LogP contribution in [0.3, 0.4) is 0 Å². The van der Waals surface area contributed by atoms with E-state index in [0.717, 1.165) is 33.2 Å². The van der Waals surface area contributed by atoms with Crippen molar-refractivity contribution in [2.45, 2.75) is 0 Å². The third-order valence-electron chi connectivity index (χ3n) is 4.49. The lowest BCUT2D eigenvalue weighted by molar-refractivity contribution is 0.100. The molecule has 0 saturated carbocycles. The molecule has 10 heteroatoms. The number of carbonyl (C=O) groups excluding carboxylic acids is 1. The van der Waals surface area contributed by atoms with E-state index in [4.69, 9.17) is 5.73 Å². The van der Waals surface area contributed by atoms with Gasteiger partial charge in [-0.05, 0) is 30.3 Å². The summed E-state index contributed by atoms with van der Waals surface area (Å²) in [4.78, 5) is 20.5. The van der Waals surface area contributed by atoms with Crippen molar-refractivity contribution in [1.29, 1.82) is 0 Å². The maximum Gasteiger partial charge on any atom is 0.254 e. The van der Waals surface area contributed by atoms with Gasteiger partial charge < -0.3 is 16.4 Å². The number of carbonyl (C=O) groups is 1. The number of hydrogen-bond donors (Lipinski definition) is 5. The van der Waals surface area contributed by atoms with Crippen LogP contribution in [0.15, 0.2) is 55.0 Å². The molecule has 3 heterocycles. The lowest BCUT2D eigenvalue weighted by Crippen LogP contribution is -2.15. The molecule has 3 aromatic heterocycles. The number of aromatic amines is 2. The maximum atomic E-state index is 11.8. The minimum Gasteiger partial charge on any atom is -0.365 e. The fraction of sp³-hybridized carbons (Fsp3) is 0. The minimum absolute atomic E-state index is 0.182. The third-order valence-corrected chi connectivity index (χ3v) is 4.49. The summed E-state index contributed by atoms with van der Waals surface area (Å²) in [5.74, 6) is -0.0133. The molecular formula is C19H15N9O. The molecule has 0 spiro atoms. The normalized spacial score (nSPS) is 11.0. The van der Waals surface area contributed by atoms with Crippen LogP contribution in [0.4, 0.5) is 23.1 Å². The van der Waals surface area contributed by atoms with Crippen molar-refractivity contribution >= 4 is 50.9 Å². The fourth-order valence-corrected chi connectivity index (χ4v) is 3.07. The van der Waals surface area contributed by atoms with E-state index < -0.39 is 5.91 Å². The maximum absolute atomic E-state index is 11.8. The number of H-pyrrole nitrogens is 2. The highest BCUT2D eigenvalue weighted by Crippen LogP contribution is 2.26. The Balaban J connectivity index is 1.51. The number of rotatable bonds is 5. The topological polar surface area (TPSA) is 150 Å². The van der Waals surface area contributed by atoms with Gasteiger partial charge in [0.15, 0.2) is 0 Å². The second-order valence-corrected chi connectivity index (χ2v) is 6.38. The minimum atomic E-state index is -0.626. The lowest BCUT2D eigenvalue weighted by atomic mass is 10.2. The zero-order valence-corrected chi connectivity index (χ0v) is 15.0. The van der Waals surface area contributed by atoms with E-state index in [1.54, 1.807) is 12.4 Å². The number of benzene rings is 2. The number of fused-ring (bicyclic) bond motifs is 2. The van der Waals surface area contributed by atoms with Gasteiger partial charge in [-0.15, -0.1) is 0 Å². The lowest BCUT2D eigenvalue weighted by Gasteiger charge is -2.12. The van der Waals surface area contributed by atoms with Crippen molar-refractivity contribution in [2.75, 3.05) is 10.6 Å². The molecule has 1 amide bonds. The molecule has 0 aliphatic rings. The summed E-state index contributed by atoms with van der Waals surface area (Å²) in [6, 6.07) is 11.3. The second kappa shape index (κ2) is 6.60. The Morgan fingerprint density at radius 3 is 2.72 bits per heavy atom. The summed E-state index contributed by atoms with van der Waals surface area (Å²) < 4.78 is 0. The van der Waals surface area contributed by atoms with Gasteiger partial charge in [0.25, 0.3) is 5.91 Å². The Morgan fingerprint density at radius 2 is 1.83 bits per heavy atom. The quantitative estimate of drug-likeness (QED) is 0.312. The van der Waals surface area contributed by atoms with Crippen molar-refractivity contribution in [2.24, 2.45) is 5.73 Å². The molecule has 0 bridgehead atoms. The van der Waals surface area contributed by atoms with Gasteiger partial charge in [-0.25, -0.2) is 4.98 Å². The van der Waals surface area contributed by atoms with Crippen LogP contribution < -0.4 is 16.4 Å². The molecule has 2 aromatic carbocycles. The van der Waals surface area contributed by atoms with Crippen LogP contribution in [0.25, 0.3) is 21.8 Å². The third kappa shape index (κ3) is 3.08. The first-order valence-corrected chi connectivity index (χ1v) is 8.73. The van der Waals surface area contributed by atoms with Crippen LogP contribution in [0.2, 0.25) is 0 Å². The second-order valence-electron chi connectivity index (χ2n) is 6.38. The molecule has 0 radical (unpaired) electrons. The first kappa shape index (κ1) is 16.7. The van der Waals surface area contributed by atoms with Gasteiger partial charge in [-0.3, -0.25) is 15.0 Å². The van der Waals surface area contributed by atoms with E-state index in [2.05, 4.69) is 41.0 Å². The first-order chi connectivity index (χ1) is 14.2. The Morgan fingerprint density at radius 1 is 0.966 bits per heavy atom. The van der Waals surface area contributed by atoms with Crippen LogP contribution in [-0.4, -0.2) is 36.3 Å². The standard InChI is InChI=1S/C19H15N9O/c20-17(29)13-8-21-19(25-14-2-1-3-15-12(14)9-23-27-15)26-18(13)24-11-5-4-10-7-22-28-16(10)6-11/h1-9H,(H2,20,29)(H,22,28)(H,23,27)(H2,21,24,25,26). The van der Waals surface area contributed by atoms with Crippen molar-refractivity contribution < 1.29 is 4.79 Å². The van der Waals surface area contributed by atoms with Crippen LogP contribution in [0, 0.1) is 0 Å². The van der Waals surface area contributed by atoms with Gasteiger partial charge in [0.05, 0.1) is 29.1 Å². The van der Waals surface area contributed by atoms with Crippen molar-refractivity contribution in [1.82, 2.24) is 30.4 Å². The molecule has 0 fully saturated rings. The smallest absolute Gasteiger partial charge is 0.254 e. The Labute approximate surface area is 163 Å². The molecule has 5 aromatic rings. The van der Waals surface area contributed by atoms with Gasteiger partial charge in [0.1, 0.15) is 11.4 Å². The summed E-state index contributed by atoms with van der Waals surface area (Å²) in [6.07, 6.45) is 4.84. The SMILES string of the molecule is NC(=O)c1cnc(Nc2cccc3[nH]ncc23)nc1Nc1ccc2cn[nH]c2c1. The number of hydrogen-bond acceptors (Lipinski definition) is 7. The van der Waals surface area contributed by atoms with Gasteiger partial charge >= 0.3 is 0 Å². The number of primary amides is 1. The molecule has 142 valence electrons. The predicted octanol–water partition coefficient (Wildman–Crippen LogP) is 2.82. The number of nitrogens with zero attached hydrogens (tertiary/aromatic N) is 4. The molecule has 0 unspecified atom stereocenters. The van der Waals surface area contributed by atoms with Crippen LogP contribution in [0.5, 0.6) is 0 Å². The fourth-order valence-electron chi connectivity index (χ4n) is 3.07. The van der Waals surface area contributed by atoms with E-state index in [1.807, 2.05) is 36.4 Å². The van der Waals surface area contributed by atoms with Crippen molar-refractivity contribution in [3.63, 3.8) is 0 Å². The van der Waals surface area contributed by atoms with E-state index in [1.165, 1.54) is 6.20 Å². The van der Waals surface area contributed by atoms with E-state index in [9.17, 15) is 4.79 Å². The Bertz CT molecular complexity index is 1350. The molecule has 10 nitrogen and oxygen atoms in total. The van der Waals surface area contributed by atoms with Crippen LogP contribution in [-0.2, 0) is 0 Å². The number of aromatic nitrogens is 6. The van der Waals surface area contributed by atoms with Crippen molar-refractivity contribution in [3.05, 3.63) is 60.6 Å². The number of anilines is 4. The summed E-state index contributed by atoms with van der Waals surface area (Å²) in [5, 5.41) is 22.0.